The molecular formula is C12H12F2N4O3. The predicted molar refractivity (Wildman–Crippen MR) is 66.2 cm³/mol. The molecule has 9 heteroatoms. The second-order valence-electron chi connectivity index (χ2n) is 4.26. The van der Waals surface area contributed by atoms with Crippen LogP contribution in [0.25, 0.3) is 11.4 Å². The summed E-state index contributed by atoms with van der Waals surface area (Å²) < 4.78 is 33.2. The molecular weight excluding hydrogens is 286 g/mol. The molecule has 0 amide bonds. The van der Waals surface area contributed by atoms with Gasteiger partial charge >= 0.3 is 5.97 Å². The minimum atomic E-state index is -1.05. The van der Waals surface area contributed by atoms with Crippen molar-refractivity contribution in [1.82, 2.24) is 20.2 Å². The first-order valence-corrected chi connectivity index (χ1v) is 5.97. The van der Waals surface area contributed by atoms with E-state index in [-0.39, 0.29) is 24.4 Å². The number of carboxylic acid groups (broad SMARTS) is 1. The molecule has 1 unspecified atom stereocenters. The molecule has 0 radical (unpaired) electrons. The van der Waals surface area contributed by atoms with E-state index in [1.807, 2.05) is 0 Å². The lowest BCUT2D eigenvalue weighted by Crippen LogP contribution is -2.23. The summed E-state index contributed by atoms with van der Waals surface area (Å²) in [5, 5.41) is 19.5. The van der Waals surface area contributed by atoms with Gasteiger partial charge in [0, 0.05) is 7.11 Å². The van der Waals surface area contributed by atoms with Crippen molar-refractivity contribution < 1.29 is 23.4 Å². The summed E-state index contributed by atoms with van der Waals surface area (Å²) in [6.07, 6.45) is -0.956. The predicted octanol–water partition coefficient (Wildman–Crippen LogP) is 1.11. The normalized spacial score (nSPS) is 12.3. The lowest BCUT2D eigenvalue weighted by Gasteiger charge is -2.13. The van der Waals surface area contributed by atoms with Crippen LogP contribution in [0.15, 0.2) is 18.2 Å². The SMILES string of the molecule is COC(CC(=O)O)Cn1nnnc1-c1cc(F)ccc1F. The van der Waals surface area contributed by atoms with Gasteiger partial charge in [-0.05, 0) is 28.6 Å². The number of rotatable bonds is 6. The molecule has 0 fully saturated rings. The van der Waals surface area contributed by atoms with Gasteiger partial charge in [0.1, 0.15) is 11.6 Å². The van der Waals surface area contributed by atoms with Crippen LogP contribution in [-0.2, 0) is 16.1 Å². The molecule has 0 aliphatic heterocycles. The van der Waals surface area contributed by atoms with Crippen molar-refractivity contribution in [3.63, 3.8) is 0 Å². The zero-order valence-electron chi connectivity index (χ0n) is 11.0. The van der Waals surface area contributed by atoms with Crippen LogP contribution in [0.2, 0.25) is 0 Å². The molecule has 1 N–H and O–H groups in total. The van der Waals surface area contributed by atoms with Crippen molar-refractivity contribution >= 4 is 5.97 Å². The van der Waals surface area contributed by atoms with Gasteiger partial charge in [-0.3, -0.25) is 4.79 Å². The Kier molecular flexibility index (Phi) is 4.53. The van der Waals surface area contributed by atoms with E-state index in [4.69, 9.17) is 9.84 Å². The maximum Gasteiger partial charge on any atom is 0.306 e. The number of carboxylic acids is 1. The molecule has 112 valence electrons. The van der Waals surface area contributed by atoms with Gasteiger partial charge in [0.2, 0.25) is 0 Å². The first-order chi connectivity index (χ1) is 10.0. The molecule has 0 aliphatic rings. The number of methoxy groups -OCH3 is 1. The highest BCUT2D eigenvalue weighted by atomic mass is 19.1. The lowest BCUT2D eigenvalue weighted by atomic mass is 10.2. The van der Waals surface area contributed by atoms with Crippen molar-refractivity contribution in [3.8, 4) is 11.4 Å². The van der Waals surface area contributed by atoms with Gasteiger partial charge in [-0.1, -0.05) is 0 Å². The number of benzene rings is 1. The Balaban J connectivity index is 2.30. The van der Waals surface area contributed by atoms with Gasteiger partial charge in [-0.15, -0.1) is 5.10 Å². The average Bonchev–Trinajstić information content (AvgIpc) is 2.88. The third kappa shape index (κ3) is 3.57. The second kappa shape index (κ2) is 6.35. The molecule has 2 rings (SSSR count). The van der Waals surface area contributed by atoms with Gasteiger partial charge in [-0.25, -0.2) is 13.5 Å². The molecule has 2 aromatic rings. The third-order valence-corrected chi connectivity index (χ3v) is 2.81. The summed E-state index contributed by atoms with van der Waals surface area (Å²) in [5.41, 5.74) is -0.106. The number of halogens is 2. The number of carbonyl (C=O) groups is 1. The van der Waals surface area contributed by atoms with Gasteiger partial charge < -0.3 is 9.84 Å². The topological polar surface area (TPSA) is 90.1 Å². The Labute approximate surface area is 118 Å². The molecule has 7 nitrogen and oxygen atoms in total. The average molecular weight is 298 g/mol. The van der Waals surface area contributed by atoms with Crippen molar-refractivity contribution in [2.45, 2.75) is 19.1 Å². The number of ether oxygens (including phenoxy) is 1. The van der Waals surface area contributed by atoms with Crippen molar-refractivity contribution in [1.29, 1.82) is 0 Å². The van der Waals surface area contributed by atoms with Gasteiger partial charge in [0.05, 0.1) is 24.6 Å². The highest BCUT2D eigenvalue weighted by molar-refractivity contribution is 5.67. The summed E-state index contributed by atoms with van der Waals surface area (Å²) in [6, 6.07) is 2.92. The van der Waals surface area contributed by atoms with E-state index in [0.717, 1.165) is 18.2 Å². The number of tetrazole rings is 1. The van der Waals surface area contributed by atoms with E-state index < -0.39 is 23.7 Å². The number of aromatic nitrogens is 4. The van der Waals surface area contributed by atoms with Crippen molar-refractivity contribution in [3.05, 3.63) is 29.8 Å². The van der Waals surface area contributed by atoms with E-state index in [1.54, 1.807) is 0 Å². The second-order valence-corrected chi connectivity index (χ2v) is 4.26. The first-order valence-electron chi connectivity index (χ1n) is 5.97. The summed E-state index contributed by atoms with van der Waals surface area (Å²) in [7, 11) is 1.35. The molecule has 0 saturated carbocycles. The van der Waals surface area contributed by atoms with Gasteiger partial charge in [-0.2, -0.15) is 0 Å². The minimum absolute atomic E-state index is 0.000520. The smallest absolute Gasteiger partial charge is 0.306 e. The fourth-order valence-electron chi connectivity index (χ4n) is 1.80. The van der Waals surface area contributed by atoms with E-state index in [1.165, 1.54) is 11.8 Å². The molecule has 1 atom stereocenters. The summed E-state index contributed by atoms with van der Waals surface area (Å²) in [6.45, 7) is 0.00108. The van der Waals surface area contributed by atoms with Crippen LogP contribution in [-0.4, -0.2) is 44.5 Å². The number of hydrogen-bond acceptors (Lipinski definition) is 5. The Morgan fingerprint density at radius 1 is 1.48 bits per heavy atom. The maximum absolute atomic E-state index is 13.7. The zero-order valence-corrected chi connectivity index (χ0v) is 11.0. The number of hydrogen-bond donors (Lipinski definition) is 1. The van der Waals surface area contributed by atoms with E-state index in [2.05, 4.69) is 15.5 Å². The number of aliphatic carboxylic acids is 1. The summed E-state index contributed by atoms with van der Waals surface area (Å²) in [4.78, 5) is 10.7. The fraction of sp³-hybridized carbons (Fsp3) is 0.333. The standard InChI is InChI=1S/C12H12F2N4O3/c1-21-8(5-11(19)20)6-18-12(15-16-17-18)9-4-7(13)2-3-10(9)14/h2-4,8H,5-6H2,1H3,(H,19,20). The molecule has 1 heterocycles. The third-order valence-electron chi connectivity index (χ3n) is 2.81. The Hall–Kier alpha value is -2.42. The van der Waals surface area contributed by atoms with E-state index in [9.17, 15) is 13.6 Å². The first kappa shape index (κ1) is 15.0. The van der Waals surface area contributed by atoms with Crippen LogP contribution in [0.3, 0.4) is 0 Å². The quantitative estimate of drug-likeness (QED) is 0.859. The van der Waals surface area contributed by atoms with Crippen molar-refractivity contribution in [2.24, 2.45) is 0 Å². The molecule has 1 aromatic carbocycles. The van der Waals surface area contributed by atoms with Crippen LogP contribution in [0.5, 0.6) is 0 Å². The number of nitrogens with zero attached hydrogens (tertiary/aromatic N) is 4. The Bertz CT molecular complexity index is 647. The minimum Gasteiger partial charge on any atom is -0.481 e. The van der Waals surface area contributed by atoms with Crippen LogP contribution < -0.4 is 0 Å². The zero-order chi connectivity index (χ0) is 15.4. The molecule has 1 aromatic heterocycles. The van der Waals surface area contributed by atoms with Crippen LogP contribution >= 0.6 is 0 Å². The van der Waals surface area contributed by atoms with E-state index >= 15 is 0 Å². The fourth-order valence-corrected chi connectivity index (χ4v) is 1.80. The van der Waals surface area contributed by atoms with Crippen LogP contribution in [0.1, 0.15) is 6.42 Å². The highest BCUT2D eigenvalue weighted by Crippen LogP contribution is 2.21. The van der Waals surface area contributed by atoms with Gasteiger partial charge in [0.25, 0.3) is 0 Å². The van der Waals surface area contributed by atoms with E-state index in [0.29, 0.717) is 0 Å². The van der Waals surface area contributed by atoms with Crippen LogP contribution in [0, 0.1) is 11.6 Å². The summed E-state index contributed by atoms with van der Waals surface area (Å²) >= 11 is 0. The Morgan fingerprint density at radius 2 is 2.24 bits per heavy atom. The monoisotopic (exact) mass is 298 g/mol. The molecule has 21 heavy (non-hydrogen) atoms. The molecule has 0 bridgehead atoms. The van der Waals surface area contributed by atoms with Crippen LogP contribution in [0.4, 0.5) is 8.78 Å². The highest BCUT2D eigenvalue weighted by Gasteiger charge is 2.19. The molecule has 0 spiro atoms. The largest absolute Gasteiger partial charge is 0.481 e. The van der Waals surface area contributed by atoms with Gasteiger partial charge in [0.15, 0.2) is 5.82 Å². The molecule has 0 aliphatic carbocycles. The Morgan fingerprint density at radius 3 is 2.90 bits per heavy atom. The lowest BCUT2D eigenvalue weighted by molar-refractivity contribution is -0.140. The maximum atomic E-state index is 13.7. The molecule has 0 saturated heterocycles. The summed E-state index contributed by atoms with van der Waals surface area (Å²) in [5.74, 6) is -2.36. The van der Waals surface area contributed by atoms with Crippen molar-refractivity contribution in [2.75, 3.05) is 7.11 Å².